The first kappa shape index (κ1) is 11.8. The predicted molar refractivity (Wildman–Crippen MR) is 68.1 cm³/mol. The average Bonchev–Trinajstić information content (AvgIpc) is 3.10. The van der Waals surface area contributed by atoms with Crippen LogP contribution in [0.4, 0.5) is 0 Å². The van der Waals surface area contributed by atoms with Crippen molar-refractivity contribution in [2.45, 2.75) is 25.4 Å². The normalized spacial score (nSPS) is 20.6. The number of aliphatic hydroxyl groups excluding tert-OH is 1. The van der Waals surface area contributed by atoms with Gasteiger partial charge in [0.2, 0.25) is 11.7 Å². The van der Waals surface area contributed by atoms with Crippen LogP contribution in [0.5, 0.6) is 0 Å². The Morgan fingerprint density at radius 2 is 2.50 bits per heavy atom. The zero-order chi connectivity index (χ0) is 12.4. The summed E-state index contributed by atoms with van der Waals surface area (Å²) in [5.74, 6) is 1.27. The molecule has 1 aliphatic rings. The highest BCUT2D eigenvalue weighted by molar-refractivity contribution is 7.08. The van der Waals surface area contributed by atoms with E-state index in [1.807, 2.05) is 16.8 Å². The van der Waals surface area contributed by atoms with E-state index in [-0.39, 0.29) is 12.6 Å². The van der Waals surface area contributed by atoms with Gasteiger partial charge in [0.15, 0.2) is 0 Å². The van der Waals surface area contributed by atoms with E-state index in [2.05, 4.69) is 15.0 Å². The van der Waals surface area contributed by atoms with Crippen LogP contribution in [-0.4, -0.2) is 39.3 Å². The van der Waals surface area contributed by atoms with Crippen molar-refractivity contribution in [3.8, 4) is 11.4 Å². The summed E-state index contributed by atoms with van der Waals surface area (Å²) in [6, 6.07) is 2.22. The lowest BCUT2D eigenvalue weighted by molar-refractivity contribution is 0.141. The van der Waals surface area contributed by atoms with E-state index < -0.39 is 0 Å². The summed E-state index contributed by atoms with van der Waals surface area (Å²) in [6.45, 7) is 1.81. The molecule has 1 atom stereocenters. The van der Waals surface area contributed by atoms with Crippen LogP contribution in [0, 0.1) is 0 Å². The summed E-state index contributed by atoms with van der Waals surface area (Å²) in [5.41, 5.74) is 0.995. The lowest BCUT2D eigenvalue weighted by Crippen LogP contribution is -2.31. The summed E-state index contributed by atoms with van der Waals surface area (Å²) in [6.07, 6.45) is 2.17. The fourth-order valence-corrected chi connectivity index (χ4v) is 2.95. The second-order valence-corrected chi connectivity index (χ2v) is 5.25. The number of aliphatic hydroxyl groups is 1. The number of aromatic nitrogens is 2. The van der Waals surface area contributed by atoms with E-state index >= 15 is 0 Å². The molecule has 5 nitrogen and oxygen atoms in total. The lowest BCUT2D eigenvalue weighted by Gasteiger charge is -2.20. The molecule has 2 aromatic heterocycles. The molecule has 1 aliphatic heterocycles. The second-order valence-electron chi connectivity index (χ2n) is 4.47. The van der Waals surface area contributed by atoms with E-state index in [4.69, 9.17) is 4.52 Å². The largest absolute Gasteiger partial charge is 0.395 e. The highest BCUT2D eigenvalue weighted by atomic mass is 32.1. The van der Waals surface area contributed by atoms with Crippen molar-refractivity contribution in [1.29, 1.82) is 0 Å². The van der Waals surface area contributed by atoms with Crippen molar-refractivity contribution in [2.24, 2.45) is 0 Å². The molecule has 3 rings (SSSR count). The average molecular weight is 265 g/mol. The van der Waals surface area contributed by atoms with Gasteiger partial charge in [-0.2, -0.15) is 16.3 Å². The van der Waals surface area contributed by atoms with Crippen LogP contribution in [0.15, 0.2) is 21.3 Å². The molecule has 0 spiro atoms. The van der Waals surface area contributed by atoms with Gasteiger partial charge in [0.05, 0.1) is 13.2 Å². The van der Waals surface area contributed by atoms with Gasteiger partial charge in [-0.1, -0.05) is 5.16 Å². The Morgan fingerprint density at radius 1 is 1.56 bits per heavy atom. The molecular weight excluding hydrogens is 250 g/mol. The van der Waals surface area contributed by atoms with Crippen LogP contribution in [-0.2, 0) is 6.54 Å². The quantitative estimate of drug-likeness (QED) is 0.912. The maximum Gasteiger partial charge on any atom is 0.241 e. The van der Waals surface area contributed by atoms with Gasteiger partial charge in [-0.25, -0.2) is 0 Å². The Bertz CT molecular complexity index is 497. The van der Waals surface area contributed by atoms with Gasteiger partial charge in [-0.15, -0.1) is 0 Å². The van der Waals surface area contributed by atoms with Crippen LogP contribution < -0.4 is 0 Å². The molecule has 18 heavy (non-hydrogen) atoms. The smallest absolute Gasteiger partial charge is 0.241 e. The standard InChI is InChI=1S/C12H15N3O2S/c16-7-10-2-1-4-15(10)6-11-13-12(14-17-11)9-3-5-18-8-9/h3,5,8,10,16H,1-2,4,6-7H2/t10-/m1/s1. The number of hydrogen-bond donors (Lipinski definition) is 1. The summed E-state index contributed by atoms with van der Waals surface area (Å²) < 4.78 is 5.26. The number of likely N-dealkylation sites (tertiary alicyclic amines) is 1. The van der Waals surface area contributed by atoms with Gasteiger partial charge < -0.3 is 9.63 Å². The highest BCUT2D eigenvalue weighted by Gasteiger charge is 2.25. The molecule has 0 unspecified atom stereocenters. The fourth-order valence-electron chi connectivity index (χ4n) is 2.31. The van der Waals surface area contributed by atoms with Gasteiger partial charge in [0.25, 0.3) is 0 Å². The first-order valence-corrected chi connectivity index (χ1v) is 7.01. The summed E-state index contributed by atoms with van der Waals surface area (Å²) in [5, 5.41) is 17.2. The minimum atomic E-state index is 0.200. The fraction of sp³-hybridized carbons (Fsp3) is 0.500. The van der Waals surface area contributed by atoms with Gasteiger partial charge in [0, 0.05) is 17.0 Å². The molecule has 1 fully saturated rings. The van der Waals surface area contributed by atoms with Crippen LogP contribution in [0.3, 0.4) is 0 Å². The number of rotatable bonds is 4. The molecule has 0 bridgehead atoms. The molecule has 1 saturated heterocycles. The number of hydrogen-bond acceptors (Lipinski definition) is 6. The third kappa shape index (κ3) is 2.31. The van der Waals surface area contributed by atoms with Crippen molar-refractivity contribution in [3.63, 3.8) is 0 Å². The summed E-state index contributed by atoms with van der Waals surface area (Å²) >= 11 is 1.62. The van der Waals surface area contributed by atoms with E-state index in [1.165, 1.54) is 0 Å². The number of nitrogens with zero attached hydrogens (tertiary/aromatic N) is 3. The van der Waals surface area contributed by atoms with Gasteiger partial charge >= 0.3 is 0 Å². The Kier molecular flexibility index (Phi) is 3.40. The Hall–Kier alpha value is -1.24. The minimum absolute atomic E-state index is 0.200. The molecule has 96 valence electrons. The molecule has 6 heteroatoms. The second kappa shape index (κ2) is 5.17. The summed E-state index contributed by atoms with van der Waals surface area (Å²) in [4.78, 5) is 6.59. The zero-order valence-electron chi connectivity index (χ0n) is 9.95. The Labute approximate surface area is 109 Å². The predicted octanol–water partition coefficient (Wildman–Crippen LogP) is 1.75. The summed E-state index contributed by atoms with van der Waals surface area (Å²) in [7, 11) is 0. The van der Waals surface area contributed by atoms with Crippen LogP contribution in [0.2, 0.25) is 0 Å². The van der Waals surface area contributed by atoms with Crippen molar-refractivity contribution < 1.29 is 9.63 Å². The Morgan fingerprint density at radius 3 is 3.28 bits per heavy atom. The first-order chi connectivity index (χ1) is 8.86. The van der Waals surface area contributed by atoms with Crippen LogP contribution in [0.25, 0.3) is 11.4 Å². The molecule has 2 aromatic rings. The van der Waals surface area contributed by atoms with E-state index in [9.17, 15) is 5.11 Å². The SMILES string of the molecule is OC[C@H]1CCCN1Cc1nc(-c2ccsc2)no1. The lowest BCUT2D eigenvalue weighted by atomic mass is 10.2. The minimum Gasteiger partial charge on any atom is -0.395 e. The van der Waals surface area contributed by atoms with Crippen LogP contribution >= 0.6 is 11.3 Å². The van der Waals surface area contributed by atoms with Crippen molar-refractivity contribution in [2.75, 3.05) is 13.2 Å². The molecule has 0 aliphatic carbocycles. The molecule has 0 radical (unpaired) electrons. The zero-order valence-corrected chi connectivity index (χ0v) is 10.8. The first-order valence-electron chi connectivity index (χ1n) is 6.07. The molecule has 0 amide bonds. The molecular formula is C12H15N3O2S. The van der Waals surface area contributed by atoms with Gasteiger partial charge in [-0.3, -0.25) is 4.90 Å². The molecule has 3 heterocycles. The monoisotopic (exact) mass is 265 g/mol. The third-order valence-corrected chi connectivity index (χ3v) is 3.98. The molecule has 0 saturated carbocycles. The van der Waals surface area contributed by atoms with Crippen molar-refractivity contribution in [3.05, 3.63) is 22.7 Å². The highest BCUT2D eigenvalue weighted by Crippen LogP contribution is 2.22. The third-order valence-electron chi connectivity index (χ3n) is 3.30. The number of thiophene rings is 1. The topological polar surface area (TPSA) is 62.4 Å². The van der Waals surface area contributed by atoms with E-state index in [0.29, 0.717) is 18.3 Å². The maximum atomic E-state index is 9.26. The van der Waals surface area contributed by atoms with Crippen molar-refractivity contribution in [1.82, 2.24) is 15.0 Å². The van der Waals surface area contributed by atoms with E-state index in [1.54, 1.807) is 11.3 Å². The Balaban J connectivity index is 1.70. The molecule has 1 N–H and O–H groups in total. The molecule has 0 aromatic carbocycles. The van der Waals surface area contributed by atoms with Crippen molar-refractivity contribution >= 4 is 11.3 Å². The van der Waals surface area contributed by atoms with Crippen LogP contribution in [0.1, 0.15) is 18.7 Å². The van der Waals surface area contributed by atoms with E-state index in [0.717, 1.165) is 24.9 Å². The maximum absolute atomic E-state index is 9.26. The van der Waals surface area contributed by atoms with Gasteiger partial charge in [-0.05, 0) is 30.8 Å². The van der Waals surface area contributed by atoms with Gasteiger partial charge in [0.1, 0.15) is 0 Å².